The zero-order chi connectivity index (χ0) is 24.6. The van der Waals surface area contributed by atoms with Crippen LogP contribution in [0, 0.1) is 12.7 Å². The number of hydrogen-bond donors (Lipinski definition) is 1. The van der Waals surface area contributed by atoms with Gasteiger partial charge in [0.15, 0.2) is 0 Å². The number of ether oxygens (including phenoxy) is 2. The van der Waals surface area contributed by atoms with Crippen molar-refractivity contribution in [3.8, 4) is 11.5 Å². The molecule has 4 rings (SSSR count). The Morgan fingerprint density at radius 2 is 1.94 bits per heavy atom. The van der Waals surface area contributed by atoms with Gasteiger partial charge in [0.1, 0.15) is 35.3 Å². The molecule has 0 atom stereocenters. The summed E-state index contributed by atoms with van der Waals surface area (Å²) in [5.41, 5.74) is 1.17. The lowest BCUT2D eigenvalue weighted by molar-refractivity contribution is -0.139. The molecule has 0 bridgehead atoms. The summed E-state index contributed by atoms with van der Waals surface area (Å²) in [6, 6.07) is 8.88. The summed E-state index contributed by atoms with van der Waals surface area (Å²) in [7, 11) is 3.04. The summed E-state index contributed by atoms with van der Waals surface area (Å²) in [5.74, 6) is -0.910. The van der Waals surface area contributed by atoms with Crippen LogP contribution in [0.5, 0.6) is 11.5 Å². The highest BCUT2D eigenvalue weighted by molar-refractivity contribution is 5.99. The molecular formula is C24H21F4N3O3. The molecule has 178 valence electrons. The third kappa shape index (κ3) is 4.48. The number of benzene rings is 2. The predicted molar refractivity (Wildman–Crippen MR) is 117 cm³/mol. The summed E-state index contributed by atoms with van der Waals surface area (Å²) in [6.07, 6.45) is -4.08. The van der Waals surface area contributed by atoms with E-state index in [4.69, 9.17) is 9.47 Å². The van der Waals surface area contributed by atoms with Gasteiger partial charge in [-0.25, -0.2) is 9.37 Å². The molecule has 1 aliphatic rings. The molecule has 2 aromatic carbocycles. The van der Waals surface area contributed by atoms with Crippen molar-refractivity contribution in [2.75, 3.05) is 19.5 Å². The van der Waals surface area contributed by atoms with Crippen molar-refractivity contribution in [3.05, 3.63) is 76.2 Å². The molecule has 1 amide bonds. The fourth-order valence-corrected chi connectivity index (χ4v) is 3.75. The van der Waals surface area contributed by atoms with Gasteiger partial charge in [0.05, 0.1) is 18.4 Å². The van der Waals surface area contributed by atoms with Crippen LogP contribution in [0.1, 0.15) is 32.6 Å². The minimum Gasteiger partial charge on any atom is -0.495 e. The summed E-state index contributed by atoms with van der Waals surface area (Å²) in [5, 5.41) is 2.78. The first-order valence-corrected chi connectivity index (χ1v) is 10.3. The maximum Gasteiger partial charge on any atom is 0.421 e. The van der Waals surface area contributed by atoms with Crippen molar-refractivity contribution in [2.45, 2.75) is 26.3 Å². The second-order valence-electron chi connectivity index (χ2n) is 7.89. The Morgan fingerprint density at radius 1 is 1.18 bits per heavy atom. The number of fused-ring (bicyclic) bond motifs is 1. The first-order chi connectivity index (χ1) is 16.1. The van der Waals surface area contributed by atoms with Gasteiger partial charge in [-0.1, -0.05) is 18.2 Å². The van der Waals surface area contributed by atoms with Crippen molar-refractivity contribution in [1.82, 2.24) is 9.88 Å². The smallest absolute Gasteiger partial charge is 0.421 e. The number of pyridine rings is 1. The van der Waals surface area contributed by atoms with Gasteiger partial charge in [0.2, 0.25) is 0 Å². The van der Waals surface area contributed by atoms with E-state index in [2.05, 4.69) is 10.3 Å². The lowest BCUT2D eigenvalue weighted by atomic mass is 10.0. The minimum absolute atomic E-state index is 0.00125. The molecule has 2 heterocycles. The van der Waals surface area contributed by atoms with Gasteiger partial charge in [-0.05, 0) is 24.1 Å². The highest BCUT2D eigenvalue weighted by atomic mass is 19.4. The van der Waals surface area contributed by atoms with Crippen LogP contribution < -0.4 is 14.8 Å². The average molecular weight is 475 g/mol. The molecule has 0 fully saturated rings. The molecule has 0 saturated heterocycles. The number of aromatic nitrogens is 1. The topological polar surface area (TPSA) is 63.7 Å². The molecule has 1 aromatic heterocycles. The number of alkyl halides is 3. The zero-order valence-electron chi connectivity index (χ0n) is 18.6. The van der Waals surface area contributed by atoms with Crippen molar-refractivity contribution < 1.29 is 31.8 Å². The third-order valence-electron chi connectivity index (χ3n) is 5.50. The van der Waals surface area contributed by atoms with Crippen molar-refractivity contribution >= 4 is 17.4 Å². The number of aryl methyl sites for hydroxylation is 1. The van der Waals surface area contributed by atoms with Gasteiger partial charge in [0.25, 0.3) is 5.91 Å². The van der Waals surface area contributed by atoms with E-state index in [1.54, 1.807) is 32.2 Å². The molecule has 1 aliphatic heterocycles. The van der Waals surface area contributed by atoms with Crippen LogP contribution in [-0.4, -0.2) is 29.9 Å². The highest BCUT2D eigenvalue weighted by Crippen LogP contribution is 2.39. The van der Waals surface area contributed by atoms with E-state index in [1.807, 2.05) is 0 Å². The normalized spacial score (nSPS) is 13.1. The summed E-state index contributed by atoms with van der Waals surface area (Å²) in [4.78, 5) is 17.8. The van der Waals surface area contributed by atoms with E-state index in [1.165, 1.54) is 24.1 Å². The van der Waals surface area contributed by atoms with Gasteiger partial charge in [-0.3, -0.25) is 4.79 Å². The van der Waals surface area contributed by atoms with E-state index >= 15 is 0 Å². The third-order valence-corrected chi connectivity index (χ3v) is 5.50. The van der Waals surface area contributed by atoms with Crippen LogP contribution in [-0.2, 0) is 19.3 Å². The number of halogens is 4. The monoisotopic (exact) mass is 475 g/mol. The first kappa shape index (κ1) is 23.3. The van der Waals surface area contributed by atoms with E-state index in [-0.39, 0.29) is 24.0 Å². The van der Waals surface area contributed by atoms with Crippen molar-refractivity contribution in [1.29, 1.82) is 0 Å². The van der Waals surface area contributed by atoms with E-state index in [0.29, 0.717) is 35.2 Å². The zero-order valence-corrected chi connectivity index (χ0v) is 18.6. The Balaban J connectivity index is 1.66. The molecule has 1 N–H and O–H groups in total. The predicted octanol–water partition coefficient (Wildman–Crippen LogP) is 5.46. The largest absolute Gasteiger partial charge is 0.495 e. The van der Waals surface area contributed by atoms with Crippen molar-refractivity contribution in [3.63, 3.8) is 0 Å². The number of nitrogens with zero attached hydrogens (tertiary/aromatic N) is 2. The second-order valence-corrected chi connectivity index (χ2v) is 7.89. The Labute approximate surface area is 193 Å². The van der Waals surface area contributed by atoms with Crippen LogP contribution in [0.4, 0.5) is 29.1 Å². The van der Waals surface area contributed by atoms with Crippen LogP contribution in [0.15, 0.2) is 42.6 Å². The van der Waals surface area contributed by atoms with Crippen LogP contribution in [0.3, 0.4) is 0 Å². The first-order valence-electron chi connectivity index (χ1n) is 10.3. The van der Waals surface area contributed by atoms with Crippen LogP contribution >= 0.6 is 0 Å². The standard InChI is InChI=1S/C24H21F4N3O3/c1-13-7-20(33-3)18(8-17(13)25)30-21-9-19(16(10-29-21)24(26,27)28)34-12-15-6-4-5-14-11-31(2)23(32)22(14)15/h4-10H,11-12H2,1-3H3,(H,29,30). The molecule has 0 unspecified atom stereocenters. The maximum atomic E-state index is 14.1. The van der Waals surface area contributed by atoms with Gasteiger partial charge in [-0.15, -0.1) is 0 Å². The molecule has 10 heteroatoms. The lowest BCUT2D eigenvalue weighted by Crippen LogP contribution is -2.18. The summed E-state index contributed by atoms with van der Waals surface area (Å²) in [6.45, 7) is 1.73. The number of methoxy groups -OCH3 is 1. The number of nitrogens with one attached hydrogen (secondary N) is 1. The van der Waals surface area contributed by atoms with E-state index in [9.17, 15) is 22.4 Å². The molecule has 6 nitrogen and oxygen atoms in total. The Hall–Kier alpha value is -3.82. The number of carbonyl (C=O) groups is 1. The quantitative estimate of drug-likeness (QED) is 0.480. The number of carbonyl (C=O) groups excluding carboxylic acids is 1. The van der Waals surface area contributed by atoms with E-state index in [0.717, 1.165) is 11.6 Å². The van der Waals surface area contributed by atoms with Gasteiger partial charge < -0.3 is 19.7 Å². The van der Waals surface area contributed by atoms with E-state index < -0.39 is 23.3 Å². The molecule has 3 aromatic rings. The van der Waals surface area contributed by atoms with Gasteiger partial charge in [-0.2, -0.15) is 13.2 Å². The van der Waals surface area contributed by atoms with Gasteiger partial charge >= 0.3 is 6.18 Å². The highest BCUT2D eigenvalue weighted by Gasteiger charge is 2.35. The van der Waals surface area contributed by atoms with Crippen molar-refractivity contribution in [2.24, 2.45) is 0 Å². The fourth-order valence-electron chi connectivity index (χ4n) is 3.75. The Morgan fingerprint density at radius 3 is 2.65 bits per heavy atom. The summed E-state index contributed by atoms with van der Waals surface area (Å²) >= 11 is 0. The van der Waals surface area contributed by atoms with Gasteiger partial charge in [0, 0.05) is 37.5 Å². The number of rotatable bonds is 6. The minimum atomic E-state index is -4.72. The summed E-state index contributed by atoms with van der Waals surface area (Å²) < 4.78 is 65.7. The average Bonchev–Trinajstić information content (AvgIpc) is 3.08. The fraction of sp³-hybridized carbons (Fsp3) is 0.250. The van der Waals surface area contributed by atoms with Crippen LogP contribution in [0.2, 0.25) is 0 Å². The molecular weight excluding hydrogens is 454 g/mol. The maximum absolute atomic E-state index is 14.1. The Kier molecular flexibility index (Phi) is 6.07. The lowest BCUT2D eigenvalue weighted by Gasteiger charge is -2.17. The molecule has 34 heavy (non-hydrogen) atoms. The molecule has 0 radical (unpaired) electrons. The molecule has 0 aliphatic carbocycles. The molecule has 0 spiro atoms. The number of amides is 1. The molecule has 0 saturated carbocycles. The number of hydrogen-bond acceptors (Lipinski definition) is 5. The SMILES string of the molecule is COc1cc(C)c(F)cc1Nc1cc(OCc2cccc3c2C(=O)N(C)C3)c(C(F)(F)F)cn1. The number of anilines is 2. The second kappa shape index (κ2) is 8.85. The Bertz CT molecular complexity index is 1260. The van der Waals surface area contributed by atoms with Crippen LogP contribution in [0.25, 0.3) is 0 Å².